The fraction of sp³-hybridized carbons (Fsp3) is 0.545. The van der Waals surface area contributed by atoms with Gasteiger partial charge in [-0.1, -0.05) is 11.8 Å². The molecular weight excluding hydrogens is 252 g/mol. The molecule has 1 rings (SSSR count). The third-order valence-corrected chi connectivity index (χ3v) is 2.71. The number of nitrogen functional groups attached to an aromatic ring is 2. The molecule has 0 aliphatic carbocycles. The number of thioether (sulfide) groups is 1. The molecule has 0 radical (unpaired) electrons. The number of rotatable bonds is 3. The Bertz CT molecular complexity index is 425. The SMILES string of the molecule is CC(Sc1nc(N)cc(N)n1)C(=O)OC(C)(C)C. The van der Waals surface area contributed by atoms with Crippen LogP contribution in [0.4, 0.5) is 11.6 Å². The van der Waals surface area contributed by atoms with Crippen molar-refractivity contribution in [3.8, 4) is 0 Å². The van der Waals surface area contributed by atoms with Gasteiger partial charge in [0.25, 0.3) is 0 Å². The average Bonchev–Trinajstić information content (AvgIpc) is 2.12. The number of anilines is 2. The van der Waals surface area contributed by atoms with Gasteiger partial charge in [0.15, 0.2) is 5.16 Å². The second kappa shape index (κ2) is 5.43. The van der Waals surface area contributed by atoms with Crippen molar-refractivity contribution in [3.05, 3.63) is 6.07 Å². The van der Waals surface area contributed by atoms with Crippen molar-refractivity contribution in [2.24, 2.45) is 0 Å². The summed E-state index contributed by atoms with van der Waals surface area (Å²) in [6, 6.07) is 1.46. The first-order valence-electron chi connectivity index (χ1n) is 5.47. The zero-order chi connectivity index (χ0) is 13.9. The van der Waals surface area contributed by atoms with Gasteiger partial charge in [-0.2, -0.15) is 0 Å². The van der Waals surface area contributed by atoms with Gasteiger partial charge in [0.05, 0.1) is 0 Å². The molecule has 18 heavy (non-hydrogen) atoms. The normalized spacial score (nSPS) is 13.1. The molecule has 0 fully saturated rings. The van der Waals surface area contributed by atoms with Crippen molar-refractivity contribution in [1.82, 2.24) is 9.97 Å². The maximum atomic E-state index is 11.8. The molecule has 0 bridgehead atoms. The van der Waals surface area contributed by atoms with Gasteiger partial charge in [-0.3, -0.25) is 4.79 Å². The first-order chi connectivity index (χ1) is 8.17. The fourth-order valence-corrected chi connectivity index (χ4v) is 1.88. The van der Waals surface area contributed by atoms with Gasteiger partial charge < -0.3 is 16.2 Å². The van der Waals surface area contributed by atoms with Gasteiger partial charge in [-0.05, 0) is 27.7 Å². The van der Waals surface area contributed by atoms with Gasteiger partial charge >= 0.3 is 5.97 Å². The molecule has 0 aliphatic rings. The van der Waals surface area contributed by atoms with Gasteiger partial charge in [0, 0.05) is 6.07 Å². The summed E-state index contributed by atoms with van der Waals surface area (Å²) < 4.78 is 5.25. The lowest BCUT2D eigenvalue weighted by molar-refractivity contribution is -0.153. The number of ether oxygens (including phenoxy) is 1. The molecule has 7 heteroatoms. The molecule has 4 N–H and O–H groups in total. The van der Waals surface area contributed by atoms with E-state index < -0.39 is 10.9 Å². The predicted octanol–water partition coefficient (Wildman–Crippen LogP) is 1.46. The fourth-order valence-electron chi connectivity index (χ4n) is 1.11. The molecule has 1 atom stereocenters. The van der Waals surface area contributed by atoms with Crippen molar-refractivity contribution in [3.63, 3.8) is 0 Å². The molecule has 1 heterocycles. The van der Waals surface area contributed by atoms with Crippen molar-refractivity contribution >= 4 is 29.4 Å². The van der Waals surface area contributed by atoms with E-state index >= 15 is 0 Å². The number of nitrogens with zero attached hydrogens (tertiary/aromatic N) is 2. The summed E-state index contributed by atoms with van der Waals surface area (Å²) in [5.74, 6) is 0.236. The first-order valence-corrected chi connectivity index (χ1v) is 6.35. The van der Waals surface area contributed by atoms with E-state index in [1.54, 1.807) is 6.92 Å². The lowest BCUT2D eigenvalue weighted by Crippen LogP contribution is -2.29. The molecule has 0 amide bonds. The van der Waals surface area contributed by atoms with Crippen LogP contribution >= 0.6 is 11.8 Å². The van der Waals surface area contributed by atoms with E-state index in [1.807, 2.05) is 20.8 Å². The van der Waals surface area contributed by atoms with Crippen LogP contribution in [-0.2, 0) is 9.53 Å². The molecule has 0 aliphatic heterocycles. The van der Waals surface area contributed by atoms with E-state index in [2.05, 4.69) is 9.97 Å². The minimum Gasteiger partial charge on any atom is -0.459 e. The molecule has 1 aromatic heterocycles. The Morgan fingerprint density at radius 1 is 1.33 bits per heavy atom. The Kier molecular flexibility index (Phi) is 4.39. The highest BCUT2D eigenvalue weighted by molar-refractivity contribution is 8.00. The topological polar surface area (TPSA) is 104 Å². The van der Waals surface area contributed by atoms with Crippen molar-refractivity contribution < 1.29 is 9.53 Å². The van der Waals surface area contributed by atoms with Crippen LogP contribution in [0.2, 0.25) is 0 Å². The smallest absolute Gasteiger partial charge is 0.319 e. The molecule has 6 nitrogen and oxygen atoms in total. The predicted molar refractivity (Wildman–Crippen MR) is 72.0 cm³/mol. The van der Waals surface area contributed by atoms with Gasteiger partial charge in [-0.25, -0.2) is 9.97 Å². The van der Waals surface area contributed by atoms with E-state index in [0.29, 0.717) is 5.16 Å². The zero-order valence-electron chi connectivity index (χ0n) is 10.9. The number of esters is 1. The van der Waals surface area contributed by atoms with Gasteiger partial charge in [0.1, 0.15) is 22.5 Å². The van der Waals surface area contributed by atoms with Crippen LogP contribution in [0, 0.1) is 0 Å². The Morgan fingerprint density at radius 3 is 2.28 bits per heavy atom. The molecule has 1 unspecified atom stereocenters. The molecule has 0 spiro atoms. The largest absolute Gasteiger partial charge is 0.459 e. The highest BCUT2D eigenvalue weighted by Crippen LogP contribution is 2.23. The van der Waals surface area contributed by atoms with Gasteiger partial charge in [-0.15, -0.1) is 0 Å². The summed E-state index contributed by atoms with van der Waals surface area (Å²) in [5, 5.41) is -0.0590. The molecule has 0 saturated heterocycles. The number of hydrogen-bond donors (Lipinski definition) is 2. The van der Waals surface area contributed by atoms with Gasteiger partial charge in [0.2, 0.25) is 0 Å². The molecule has 0 saturated carbocycles. The summed E-state index contributed by atoms with van der Waals surface area (Å²) in [4.78, 5) is 19.8. The second-order valence-electron chi connectivity index (χ2n) is 4.79. The minimum atomic E-state index is -0.512. The average molecular weight is 270 g/mol. The van der Waals surface area contributed by atoms with Crippen LogP contribution in [0.3, 0.4) is 0 Å². The Balaban J connectivity index is 2.69. The van der Waals surface area contributed by atoms with Crippen LogP contribution in [0.5, 0.6) is 0 Å². The number of nitrogens with two attached hydrogens (primary N) is 2. The Morgan fingerprint density at radius 2 is 1.83 bits per heavy atom. The minimum absolute atomic E-state index is 0.279. The maximum absolute atomic E-state index is 11.8. The third-order valence-electron chi connectivity index (χ3n) is 1.77. The summed E-state index contributed by atoms with van der Waals surface area (Å²) in [7, 11) is 0. The van der Waals surface area contributed by atoms with Crippen LogP contribution in [0.25, 0.3) is 0 Å². The van der Waals surface area contributed by atoms with E-state index in [4.69, 9.17) is 16.2 Å². The van der Waals surface area contributed by atoms with Crippen molar-refractivity contribution in [1.29, 1.82) is 0 Å². The van der Waals surface area contributed by atoms with E-state index in [1.165, 1.54) is 6.07 Å². The van der Waals surface area contributed by atoms with E-state index in [0.717, 1.165) is 11.8 Å². The monoisotopic (exact) mass is 270 g/mol. The molecule has 100 valence electrons. The van der Waals surface area contributed by atoms with Crippen molar-refractivity contribution in [2.75, 3.05) is 11.5 Å². The molecule has 0 aromatic carbocycles. The zero-order valence-corrected chi connectivity index (χ0v) is 11.7. The van der Waals surface area contributed by atoms with E-state index in [9.17, 15) is 4.79 Å². The quantitative estimate of drug-likeness (QED) is 0.486. The van der Waals surface area contributed by atoms with Crippen LogP contribution in [0.15, 0.2) is 11.2 Å². The van der Waals surface area contributed by atoms with Crippen LogP contribution in [-0.4, -0.2) is 26.8 Å². The van der Waals surface area contributed by atoms with Crippen LogP contribution in [0.1, 0.15) is 27.7 Å². The number of aromatic nitrogens is 2. The summed E-state index contributed by atoms with van der Waals surface area (Å²) in [6.45, 7) is 7.17. The summed E-state index contributed by atoms with van der Waals surface area (Å²) >= 11 is 1.16. The molecular formula is C11H18N4O2S. The Labute approximate surface area is 111 Å². The Hall–Kier alpha value is -1.50. The highest BCUT2D eigenvalue weighted by atomic mass is 32.2. The summed E-state index contributed by atoms with van der Waals surface area (Å²) in [6.07, 6.45) is 0. The van der Waals surface area contributed by atoms with E-state index in [-0.39, 0.29) is 17.6 Å². The number of carbonyl (C=O) groups excluding carboxylic acids is 1. The maximum Gasteiger partial charge on any atom is 0.319 e. The van der Waals surface area contributed by atoms with Crippen LogP contribution < -0.4 is 11.5 Å². The lowest BCUT2D eigenvalue weighted by atomic mass is 10.2. The highest BCUT2D eigenvalue weighted by Gasteiger charge is 2.23. The third kappa shape index (κ3) is 4.79. The lowest BCUT2D eigenvalue weighted by Gasteiger charge is -2.21. The number of hydrogen-bond acceptors (Lipinski definition) is 7. The summed E-state index contributed by atoms with van der Waals surface area (Å²) in [5.41, 5.74) is 10.6. The standard InChI is InChI=1S/C11H18N4O2S/c1-6(9(16)17-11(2,3)4)18-10-14-7(12)5-8(13)15-10/h5-6H,1-4H3,(H4,12,13,14,15). The van der Waals surface area contributed by atoms with Crippen molar-refractivity contribution in [2.45, 2.75) is 43.7 Å². The second-order valence-corrected chi connectivity index (χ2v) is 6.10. The first kappa shape index (κ1) is 14.6. The molecule has 1 aromatic rings. The number of carbonyl (C=O) groups is 1.